The molecule has 0 spiro atoms. The average Bonchev–Trinajstić information content (AvgIpc) is 0.770. The van der Waals surface area contributed by atoms with Crippen LogP contribution in [-0.2, 0) is 139 Å². The van der Waals surface area contributed by atoms with Gasteiger partial charge in [0.1, 0.15) is 122 Å². The molecule has 53 heteroatoms. The summed E-state index contributed by atoms with van der Waals surface area (Å²) >= 11 is 0. The third-order valence-electron chi connectivity index (χ3n) is 14.4. The van der Waals surface area contributed by atoms with Gasteiger partial charge in [-0.3, -0.25) is 32.6 Å². The molecule has 0 aromatic heterocycles. The largest absolute Gasteiger partial charge is 0.479 e. The number of hydrogen-bond acceptors (Lipinski definition) is 39. The lowest BCUT2D eigenvalue weighted by atomic mass is 9.93. The number of carbonyl (C=O) groups is 6. The van der Waals surface area contributed by atoms with Gasteiger partial charge in [-0.1, -0.05) is 0 Å². The Morgan fingerprint density at radius 3 is 1.08 bits per heavy atom. The van der Waals surface area contributed by atoms with Gasteiger partial charge in [-0.05, 0) is 0 Å². The van der Waals surface area contributed by atoms with E-state index in [-0.39, 0.29) is 0 Å². The number of ether oxygens (including phenoxy) is 11. The molecular weight excluding hydrogens is 1410 g/mol. The van der Waals surface area contributed by atoms with Crippen molar-refractivity contribution in [1.82, 2.24) is 16.0 Å². The van der Waals surface area contributed by atoms with Crippen LogP contribution in [0.1, 0.15) is 20.8 Å². The summed E-state index contributed by atoms with van der Waals surface area (Å²) < 4.78 is 213. The Labute approximate surface area is 532 Å². The molecule has 0 aromatic carbocycles. The highest BCUT2D eigenvalue weighted by molar-refractivity contribution is 7.81. The number of aliphatic hydroxyl groups excluding tert-OH is 10. The zero-order valence-electron chi connectivity index (χ0n) is 48.0. The van der Waals surface area contributed by atoms with E-state index in [4.69, 9.17) is 56.3 Å². The van der Waals surface area contributed by atoms with Crippen LogP contribution in [0, 0.1) is 0 Å². The van der Waals surface area contributed by atoms with Gasteiger partial charge in [0.2, 0.25) is 17.7 Å². The first kappa shape index (κ1) is 79.4. The molecule has 0 aliphatic carbocycles. The number of rotatable bonds is 27. The Kier molecular flexibility index (Phi) is 26.6. The quantitative estimate of drug-likeness (QED) is 0.0340. The molecule has 3 amide bonds. The maximum Gasteiger partial charge on any atom is 0.397 e. The average molecular weight is 1480 g/mol. The van der Waals surface area contributed by atoms with Crippen LogP contribution in [0.5, 0.6) is 0 Å². The fraction of sp³-hybridized carbons (Fsp3) is 0.857. The highest BCUT2D eigenvalue weighted by Gasteiger charge is 2.62. The molecule has 6 aliphatic rings. The number of carbonyl (C=O) groups excluding carboxylic acids is 3. The SMILES string of the molecule is CC(=O)N[C@H]1[C@H](O[C@H]2[C@H](O)[C@@H](O)[C@H](O[C@H]3[C@@H](OS(=O)(=O)O)[C@@H](CO)OC(O)[C@@H]3NC(C)=O)O[C@@H]2C(=O)O)O[C@H](CO)[C@H](OS(=O)(=O)O)[C@@H]1O[C@@H]1O[C@H](C(=O)O)[C@@H](O[C@@H]2O[C@H](COS(=O)(=O)O)[C@H](O)[C@H](O[C@@H]3O[C@H](C(=O)O)[C@@H](O)[C@H](O)[C@H]3OS(=O)(=O)O)[C@H]2NC(C)=O)[C@H](O)[C@H]1O. The molecule has 1 unspecified atom stereocenters. The molecular formula is C42H65N3O46S4. The van der Waals surface area contributed by atoms with E-state index in [9.17, 15) is 147 Å². The fourth-order valence-electron chi connectivity index (χ4n) is 10.5. The van der Waals surface area contributed by atoms with Crippen molar-refractivity contribution in [3.8, 4) is 0 Å². The van der Waals surface area contributed by atoms with Crippen molar-refractivity contribution in [2.24, 2.45) is 0 Å². The van der Waals surface area contributed by atoms with Gasteiger partial charge in [0.05, 0.1) is 19.8 Å². The standard InChI is InChI=1S/C42H65N3O46S4/c1-7(48)43-13-26(23(89-93(68,69)70)10(4-46)78-37(13)64)82-40-21(56)19(54)29(33(87-40)36(62)63)85-39-15(45-9(3)50)27(24(11(5-47)79-39)90-94(71,72)73)83-41-22(57)20(55)28(32(88-41)35(60)61)84-38-14(44-8(2)49)25(16(51)12(80-38)6-77-92(65,66)67)81-42-31(91-95(74,75)76)18(53)17(52)30(86-42)34(58)59/h10-33,37-42,46-47,51-57,64H,4-6H2,1-3H3,(H,43,48)(H,44,49)(H,45,50)(H,58,59)(H,60,61)(H,62,63)(H,65,66,67)(H,68,69,70)(H,71,72,73)(H,74,75,76)/t10-,11-,12-,13-,14-,15-,16+,17+,18+,19-,20-,21-,22-,23+,24+,25-,26-,27-,28+,29+,30+,31-,32+,33+,37?,38+,39+,40-,41-,42-/m1/s1. The molecule has 6 heterocycles. The molecule has 0 bridgehead atoms. The molecule has 6 aliphatic heterocycles. The molecule has 548 valence electrons. The molecule has 49 nitrogen and oxygen atoms in total. The van der Waals surface area contributed by atoms with Gasteiger partial charge >= 0.3 is 59.5 Å². The second-order valence-corrected chi connectivity index (χ2v) is 25.3. The number of carboxylic acids is 3. The smallest absolute Gasteiger partial charge is 0.397 e. The molecule has 6 fully saturated rings. The van der Waals surface area contributed by atoms with E-state index >= 15 is 0 Å². The topological polar surface area (TPSA) is 757 Å². The zero-order valence-corrected chi connectivity index (χ0v) is 51.3. The van der Waals surface area contributed by atoms with Crippen LogP contribution >= 0.6 is 0 Å². The minimum absolute atomic E-state index is 0.694. The van der Waals surface area contributed by atoms with Crippen molar-refractivity contribution in [1.29, 1.82) is 0 Å². The molecule has 0 aromatic rings. The van der Waals surface area contributed by atoms with E-state index in [1.165, 1.54) is 0 Å². The predicted octanol–water partition coefficient (Wildman–Crippen LogP) is -14.1. The highest BCUT2D eigenvalue weighted by atomic mass is 32.3. The summed E-state index contributed by atoms with van der Waals surface area (Å²) in [4.78, 5) is 76.2. The maximum atomic E-state index is 13.2. The number of amides is 3. The lowest BCUT2D eigenvalue weighted by molar-refractivity contribution is -0.375. The molecule has 0 radical (unpaired) electrons. The van der Waals surface area contributed by atoms with Crippen molar-refractivity contribution in [2.75, 3.05) is 19.8 Å². The van der Waals surface area contributed by atoms with Gasteiger partial charge in [0.25, 0.3) is 0 Å². The highest BCUT2D eigenvalue weighted by Crippen LogP contribution is 2.39. The van der Waals surface area contributed by atoms with Crippen LogP contribution in [0.15, 0.2) is 0 Å². The predicted molar refractivity (Wildman–Crippen MR) is 277 cm³/mol. The van der Waals surface area contributed by atoms with E-state index in [0.29, 0.717) is 13.8 Å². The van der Waals surface area contributed by atoms with Gasteiger partial charge in [-0.25, -0.2) is 31.1 Å². The van der Waals surface area contributed by atoms with Gasteiger partial charge < -0.3 is 134 Å². The van der Waals surface area contributed by atoms with Gasteiger partial charge in [0, 0.05) is 20.8 Å². The third kappa shape index (κ3) is 20.1. The summed E-state index contributed by atoms with van der Waals surface area (Å²) in [7, 11) is -22.8. The second-order valence-electron chi connectivity index (χ2n) is 21.1. The van der Waals surface area contributed by atoms with Crippen molar-refractivity contribution in [3.05, 3.63) is 0 Å². The maximum absolute atomic E-state index is 13.2. The Bertz CT molecular complexity index is 3190. The van der Waals surface area contributed by atoms with Crippen LogP contribution in [0.25, 0.3) is 0 Å². The van der Waals surface area contributed by atoms with Gasteiger partial charge in [-0.15, -0.1) is 0 Å². The number of hydrogen-bond donors (Lipinski definition) is 20. The number of aliphatic hydroxyl groups is 10. The monoisotopic (exact) mass is 1480 g/mol. The zero-order chi connectivity index (χ0) is 71.6. The minimum atomic E-state index is -5.89. The lowest BCUT2D eigenvalue weighted by Gasteiger charge is -2.51. The van der Waals surface area contributed by atoms with Crippen LogP contribution < -0.4 is 16.0 Å². The van der Waals surface area contributed by atoms with Gasteiger partial charge in [-0.2, -0.15) is 33.7 Å². The lowest BCUT2D eigenvalue weighted by Crippen LogP contribution is -2.72. The number of nitrogens with one attached hydrogen (secondary N) is 3. The molecule has 95 heavy (non-hydrogen) atoms. The van der Waals surface area contributed by atoms with Gasteiger partial charge in [0.15, 0.2) is 62.2 Å². The van der Waals surface area contributed by atoms with Crippen molar-refractivity contribution in [2.45, 2.75) is 205 Å². The van der Waals surface area contributed by atoms with E-state index in [1.807, 2.05) is 5.32 Å². The van der Waals surface area contributed by atoms with Crippen molar-refractivity contribution >= 4 is 77.2 Å². The summed E-state index contributed by atoms with van der Waals surface area (Å²) in [6.45, 7) is -2.12. The first-order chi connectivity index (χ1) is 43.8. The Morgan fingerprint density at radius 2 is 0.695 bits per heavy atom. The molecule has 30 atom stereocenters. The minimum Gasteiger partial charge on any atom is -0.479 e. The molecule has 0 saturated carbocycles. The Balaban J connectivity index is 1.36. The summed E-state index contributed by atoms with van der Waals surface area (Å²) in [5.41, 5.74) is 0. The second kappa shape index (κ2) is 31.8. The normalized spacial score (nSPS) is 41.4. The number of aliphatic carboxylic acids is 3. The van der Waals surface area contributed by atoms with Crippen molar-refractivity contribution in [3.63, 3.8) is 0 Å². The first-order valence-electron chi connectivity index (χ1n) is 26.7. The van der Waals surface area contributed by atoms with Crippen LogP contribution in [0.4, 0.5) is 0 Å². The Hall–Kier alpha value is -4.54. The molecule has 20 N–H and O–H groups in total. The molecule has 6 rings (SSSR count). The van der Waals surface area contributed by atoms with Crippen LogP contribution in [0.3, 0.4) is 0 Å². The van der Waals surface area contributed by atoms with E-state index in [0.717, 1.165) is 6.92 Å². The van der Waals surface area contributed by atoms with Crippen LogP contribution in [-0.4, -0.2) is 358 Å². The fourth-order valence-corrected chi connectivity index (χ4v) is 12.3. The Morgan fingerprint density at radius 1 is 0.358 bits per heavy atom. The van der Waals surface area contributed by atoms with E-state index in [1.54, 1.807) is 0 Å². The van der Waals surface area contributed by atoms with Crippen LogP contribution in [0.2, 0.25) is 0 Å². The number of carboxylic acid groups (broad SMARTS) is 3. The summed E-state index contributed by atoms with van der Waals surface area (Å²) in [5.74, 6) is -10.1. The summed E-state index contributed by atoms with van der Waals surface area (Å²) in [5, 5.41) is 148. The first-order valence-corrected chi connectivity index (χ1v) is 32.2. The summed E-state index contributed by atoms with van der Waals surface area (Å²) in [6.07, 6.45) is -70.6. The third-order valence-corrected chi connectivity index (χ3v) is 16.2. The summed E-state index contributed by atoms with van der Waals surface area (Å²) in [6, 6.07) is -6.84. The molecule has 6 saturated heterocycles. The van der Waals surface area contributed by atoms with Crippen molar-refractivity contribution < 1.29 is 216 Å². The van der Waals surface area contributed by atoms with E-state index in [2.05, 4.69) is 23.2 Å². The van der Waals surface area contributed by atoms with E-state index < -0.39 is 281 Å².